The van der Waals surface area contributed by atoms with Crippen LogP contribution >= 0.6 is 11.9 Å². The number of hydrogen-bond acceptors (Lipinski definition) is 4. The Labute approximate surface area is 170 Å². The maximum atomic E-state index is 13.1. The smallest absolute Gasteiger partial charge is 0.325 e. The van der Waals surface area contributed by atoms with Crippen molar-refractivity contribution < 1.29 is 9.53 Å². The highest BCUT2D eigenvalue weighted by Gasteiger charge is 2.34. The van der Waals surface area contributed by atoms with Crippen LogP contribution < -0.4 is 0 Å². The van der Waals surface area contributed by atoms with Gasteiger partial charge >= 0.3 is 5.97 Å². The third kappa shape index (κ3) is 4.46. The van der Waals surface area contributed by atoms with Gasteiger partial charge in [-0.25, -0.2) is 4.31 Å². The van der Waals surface area contributed by atoms with E-state index in [2.05, 4.69) is 16.4 Å². The zero-order chi connectivity index (χ0) is 19.2. The molecule has 28 heavy (non-hydrogen) atoms. The molecule has 3 aromatic carbocycles. The molecule has 1 aliphatic heterocycles. The van der Waals surface area contributed by atoms with Crippen LogP contribution in [0, 0.1) is 0 Å². The first-order chi connectivity index (χ1) is 13.8. The largest absolute Gasteiger partial charge is 0.451 e. The SMILES string of the molecule is O=C(OC(c1ccccc1)c1ccccc1)[C@@H]1CCCN1Sc1ccccc1. The Hall–Kier alpha value is -2.56. The van der Waals surface area contributed by atoms with Crippen molar-refractivity contribution in [3.63, 3.8) is 0 Å². The van der Waals surface area contributed by atoms with E-state index in [0.717, 1.165) is 35.4 Å². The summed E-state index contributed by atoms with van der Waals surface area (Å²) in [5.74, 6) is -0.154. The van der Waals surface area contributed by atoms with E-state index in [1.807, 2.05) is 78.9 Å². The van der Waals surface area contributed by atoms with Crippen molar-refractivity contribution in [3.05, 3.63) is 102 Å². The Morgan fingerprint density at radius 3 is 1.96 bits per heavy atom. The number of esters is 1. The Morgan fingerprint density at radius 2 is 1.39 bits per heavy atom. The predicted octanol–water partition coefficient (Wildman–Crippen LogP) is 5.49. The van der Waals surface area contributed by atoms with E-state index in [1.165, 1.54) is 0 Å². The average molecular weight is 390 g/mol. The highest BCUT2D eigenvalue weighted by Crippen LogP contribution is 2.33. The van der Waals surface area contributed by atoms with Gasteiger partial charge in [0.15, 0.2) is 6.10 Å². The first-order valence-electron chi connectivity index (χ1n) is 9.61. The second-order valence-corrected chi connectivity index (χ2v) is 7.96. The summed E-state index contributed by atoms with van der Waals surface area (Å²) in [5.41, 5.74) is 1.98. The molecule has 1 heterocycles. The van der Waals surface area contributed by atoms with Gasteiger partial charge in [-0.1, -0.05) is 78.9 Å². The van der Waals surface area contributed by atoms with Crippen LogP contribution in [0.25, 0.3) is 0 Å². The molecular formula is C24H23NO2S. The van der Waals surface area contributed by atoms with Gasteiger partial charge in [-0.05, 0) is 48.0 Å². The van der Waals surface area contributed by atoms with Crippen LogP contribution in [-0.4, -0.2) is 22.9 Å². The number of carbonyl (C=O) groups is 1. The summed E-state index contributed by atoms with van der Waals surface area (Å²) >= 11 is 1.64. The summed E-state index contributed by atoms with van der Waals surface area (Å²) < 4.78 is 8.24. The highest BCUT2D eigenvalue weighted by molar-refractivity contribution is 7.97. The topological polar surface area (TPSA) is 29.5 Å². The van der Waals surface area contributed by atoms with Crippen molar-refractivity contribution in [3.8, 4) is 0 Å². The van der Waals surface area contributed by atoms with E-state index in [0.29, 0.717) is 0 Å². The molecule has 1 saturated heterocycles. The first-order valence-corrected chi connectivity index (χ1v) is 10.4. The summed E-state index contributed by atoms with van der Waals surface area (Å²) in [5, 5.41) is 0. The molecule has 0 spiro atoms. The van der Waals surface area contributed by atoms with E-state index >= 15 is 0 Å². The number of hydrogen-bond donors (Lipinski definition) is 0. The van der Waals surface area contributed by atoms with Gasteiger partial charge in [0.25, 0.3) is 0 Å². The van der Waals surface area contributed by atoms with Gasteiger partial charge in [0.2, 0.25) is 0 Å². The van der Waals surface area contributed by atoms with Crippen molar-refractivity contribution in [1.82, 2.24) is 4.31 Å². The minimum absolute atomic E-state index is 0.154. The van der Waals surface area contributed by atoms with Crippen molar-refractivity contribution >= 4 is 17.9 Å². The molecule has 142 valence electrons. The van der Waals surface area contributed by atoms with Gasteiger partial charge < -0.3 is 4.74 Å². The molecule has 0 unspecified atom stereocenters. The van der Waals surface area contributed by atoms with Gasteiger partial charge in [0.1, 0.15) is 6.04 Å². The zero-order valence-electron chi connectivity index (χ0n) is 15.6. The number of rotatable bonds is 6. The van der Waals surface area contributed by atoms with E-state index in [9.17, 15) is 4.79 Å². The van der Waals surface area contributed by atoms with Crippen molar-refractivity contribution in [2.24, 2.45) is 0 Å². The Kier molecular flexibility index (Phi) is 6.10. The molecule has 1 fully saturated rings. The summed E-state index contributed by atoms with van der Waals surface area (Å²) in [7, 11) is 0. The second-order valence-electron chi connectivity index (χ2n) is 6.84. The molecule has 0 N–H and O–H groups in total. The zero-order valence-corrected chi connectivity index (χ0v) is 16.4. The molecule has 3 nitrogen and oxygen atoms in total. The van der Waals surface area contributed by atoms with Crippen LogP contribution in [0.15, 0.2) is 95.9 Å². The third-order valence-electron chi connectivity index (χ3n) is 4.88. The lowest BCUT2D eigenvalue weighted by atomic mass is 10.0. The van der Waals surface area contributed by atoms with Crippen LogP contribution in [0.4, 0.5) is 0 Å². The Morgan fingerprint density at radius 1 is 0.857 bits per heavy atom. The lowest BCUT2D eigenvalue weighted by Gasteiger charge is -2.25. The third-order valence-corrected chi connectivity index (χ3v) is 6.03. The Balaban J connectivity index is 1.52. The maximum Gasteiger partial charge on any atom is 0.325 e. The van der Waals surface area contributed by atoms with Crippen molar-refractivity contribution in [1.29, 1.82) is 0 Å². The molecule has 0 saturated carbocycles. The monoisotopic (exact) mass is 389 g/mol. The lowest BCUT2D eigenvalue weighted by Crippen LogP contribution is -2.33. The van der Waals surface area contributed by atoms with Crippen LogP contribution in [0.2, 0.25) is 0 Å². The molecular weight excluding hydrogens is 366 g/mol. The Bertz CT molecular complexity index is 847. The molecule has 4 rings (SSSR count). The van der Waals surface area contributed by atoms with Crippen molar-refractivity contribution in [2.75, 3.05) is 6.54 Å². The van der Waals surface area contributed by atoms with Crippen LogP contribution in [0.3, 0.4) is 0 Å². The summed E-state index contributed by atoms with van der Waals surface area (Å²) in [6.45, 7) is 0.890. The van der Waals surface area contributed by atoms with E-state index in [4.69, 9.17) is 4.74 Å². The maximum absolute atomic E-state index is 13.1. The van der Waals surface area contributed by atoms with Gasteiger partial charge in [0, 0.05) is 11.4 Å². The summed E-state index contributed by atoms with van der Waals surface area (Å²) in [4.78, 5) is 14.3. The van der Waals surface area contributed by atoms with Crippen molar-refractivity contribution in [2.45, 2.75) is 29.9 Å². The number of carbonyl (C=O) groups excluding carboxylic acids is 1. The molecule has 0 aromatic heterocycles. The second kappa shape index (κ2) is 9.09. The van der Waals surface area contributed by atoms with Gasteiger partial charge in [0.05, 0.1) is 0 Å². The van der Waals surface area contributed by atoms with Gasteiger partial charge in [-0.2, -0.15) is 0 Å². The molecule has 1 atom stereocenters. The van der Waals surface area contributed by atoms with Crippen LogP contribution in [-0.2, 0) is 9.53 Å². The van der Waals surface area contributed by atoms with E-state index in [-0.39, 0.29) is 18.1 Å². The minimum atomic E-state index is -0.390. The van der Waals surface area contributed by atoms with Gasteiger partial charge in [-0.3, -0.25) is 4.79 Å². The fourth-order valence-electron chi connectivity index (χ4n) is 3.48. The molecule has 0 bridgehead atoms. The summed E-state index contributed by atoms with van der Waals surface area (Å²) in [6, 6.07) is 29.9. The van der Waals surface area contributed by atoms with E-state index < -0.39 is 0 Å². The molecule has 1 aliphatic rings. The first kappa shape index (κ1) is 18.8. The summed E-state index contributed by atoms with van der Waals surface area (Å²) in [6.07, 6.45) is 1.44. The molecule has 4 heteroatoms. The van der Waals surface area contributed by atoms with Crippen LogP contribution in [0.1, 0.15) is 30.1 Å². The number of benzene rings is 3. The molecule has 0 radical (unpaired) electrons. The number of nitrogens with zero attached hydrogens (tertiary/aromatic N) is 1. The predicted molar refractivity (Wildman–Crippen MR) is 113 cm³/mol. The average Bonchev–Trinajstić information content (AvgIpc) is 3.22. The fraction of sp³-hybridized carbons (Fsp3) is 0.208. The quantitative estimate of drug-likeness (QED) is 0.412. The van der Waals surface area contributed by atoms with Gasteiger partial charge in [-0.15, -0.1) is 0 Å². The molecule has 0 amide bonds. The normalized spacial score (nSPS) is 17.0. The fourth-order valence-corrected chi connectivity index (χ4v) is 4.57. The standard InChI is InChI=1S/C24H23NO2S/c26-24(22-17-10-18-25(22)28-21-15-8-3-9-16-21)27-23(19-11-4-1-5-12-19)20-13-6-2-7-14-20/h1-9,11-16,22-23H,10,17-18H2/t22-/m0/s1. The highest BCUT2D eigenvalue weighted by atomic mass is 32.2. The van der Waals surface area contributed by atoms with E-state index in [1.54, 1.807) is 11.9 Å². The van der Waals surface area contributed by atoms with Crippen LogP contribution in [0.5, 0.6) is 0 Å². The number of ether oxygens (including phenoxy) is 1. The molecule has 3 aromatic rings. The minimum Gasteiger partial charge on any atom is -0.451 e. The lowest BCUT2D eigenvalue weighted by molar-refractivity contribution is -0.151. The molecule has 0 aliphatic carbocycles.